The maximum atomic E-state index is 12.4. The predicted octanol–water partition coefficient (Wildman–Crippen LogP) is 6.78. The fourth-order valence-corrected chi connectivity index (χ4v) is 3.66. The van der Waals surface area contributed by atoms with Gasteiger partial charge in [-0.25, -0.2) is 0 Å². The summed E-state index contributed by atoms with van der Waals surface area (Å²) in [6, 6.07) is 23.6. The highest BCUT2D eigenvalue weighted by Crippen LogP contribution is 2.33. The largest absolute Gasteiger partial charge is 0.494 e. The number of nitrogens with one attached hydrogen (secondary N) is 1. The van der Waals surface area contributed by atoms with Crippen LogP contribution in [0.5, 0.6) is 11.5 Å². The third-order valence-corrected chi connectivity index (χ3v) is 5.46. The van der Waals surface area contributed by atoms with Crippen molar-refractivity contribution < 1.29 is 14.3 Å². The fourth-order valence-electron chi connectivity index (χ4n) is 3.30. The van der Waals surface area contributed by atoms with Crippen molar-refractivity contribution >= 4 is 27.5 Å². The Bertz CT molecular complexity index is 1010. The quantitative estimate of drug-likeness (QED) is 0.333. The maximum Gasteiger partial charge on any atom is 0.262 e. The zero-order chi connectivity index (χ0) is 23.0. The van der Waals surface area contributed by atoms with Crippen LogP contribution in [0.1, 0.15) is 38.3 Å². The average molecular weight is 496 g/mol. The summed E-state index contributed by atoms with van der Waals surface area (Å²) in [6.45, 7) is 6.95. The van der Waals surface area contributed by atoms with Crippen molar-refractivity contribution in [1.82, 2.24) is 0 Å². The average Bonchev–Trinajstić information content (AvgIpc) is 2.77. The van der Waals surface area contributed by atoms with Crippen LogP contribution in [0.25, 0.3) is 0 Å². The third-order valence-electron chi connectivity index (χ3n) is 4.97. The molecule has 3 aromatic rings. The first-order valence-electron chi connectivity index (χ1n) is 10.8. The Morgan fingerprint density at radius 3 is 2.34 bits per heavy atom. The molecule has 3 aromatic carbocycles. The van der Waals surface area contributed by atoms with Crippen LogP contribution in [0.4, 0.5) is 5.69 Å². The number of hydrogen-bond acceptors (Lipinski definition) is 3. The number of carbonyl (C=O) groups is 1. The SMILES string of the molecule is CC(C)(C)c1cc(Br)ccc1OCC(=O)Nc1ccc(OCCCc2ccccc2)cc1. The normalized spacial score (nSPS) is 11.1. The Balaban J connectivity index is 1.45. The number of carbonyl (C=O) groups excluding carboxylic acids is 1. The number of rotatable bonds is 9. The minimum atomic E-state index is -0.204. The van der Waals surface area contributed by atoms with E-state index in [1.807, 2.05) is 48.5 Å². The lowest BCUT2D eigenvalue weighted by molar-refractivity contribution is -0.118. The molecule has 1 amide bonds. The van der Waals surface area contributed by atoms with Crippen molar-refractivity contribution in [2.24, 2.45) is 0 Å². The van der Waals surface area contributed by atoms with Crippen LogP contribution < -0.4 is 14.8 Å². The van der Waals surface area contributed by atoms with Gasteiger partial charge < -0.3 is 14.8 Å². The standard InChI is InChI=1S/C27H30BrNO3/c1-27(2,3)24-18-21(28)11-16-25(24)32-19-26(30)29-22-12-14-23(15-13-22)31-17-7-10-20-8-5-4-6-9-20/h4-6,8-9,11-16,18H,7,10,17,19H2,1-3H3,(H,29,30). The number of anilines is 1. The van der Waals surface area contributed by atoms with Gasteiger partial charge in [-0.2, -0.15) is 0 Å². The van der Waals surface area contributed by atoms with E-state index >= 15 is 0 Å². The van der Waals surface area contributed by atoms with E-state index < -0.39 is 0 Å². The maximum absolute atomic E-state index is 12.4. The minimum Gasteiger partial charge on any atom is -0.494 e. The van der Waals surface area contributed by atoms with Crippen molar-refractivity contribution in [3.05, 3.63) is 88.4 Å². The van der Waals surface area contributed by atoms with Gasteiger partial charge in [-0.1, -0.05) is 67.0 Å². The minimum absolute atomic E-state index is 0.0531. The second-order valence-electron chi connectivity index (χ2n) is 8.69. The molecule has 0 radical (unpaired) electrons. The summed E-state index contributed by atoms with van der Waals surface area (Å²) in [5.74, 6) is 1.30. The summed E-state index contributed by atoms with van der Waals surface area (Å²) in [6.07, 6.45) is 1.94. The van der Waals surface area contributed by atoms with Crippen LogP contribution in [0.2, 0.25) is 0 Å². The molecule has 0 atom stereocenters. The van der Waals surface area contributed by atoms with Crippen molar-refractivity contribution in [2.75, 3.05) is 18.5 Å². The van der Waals surface area contributed by atoms with Gasteiger partial charge in [0, 0.05) is 15.7 Å². The Hall–Kier alpha value is -2.79. The molecule has 0 aliphatic heterocycles. The van der Waals surface area contributed by atoms with Crippen LogP contribution in [0.15, 0.2) is 77.3 Å². The summed E-state index contributed by atoms with van der Waals surface area (Å²) in [5, 5.41) is 2.87. The summed E-state index contributed by atoms with van der Waals surface area (Å²) in [4.78, 5) is 12.4. The molecule has 4 nitrogen and oxygen atoms in total. The first kappa shape index (κ1) is 23.9. The van der Waals surface area contributed by atoms with Gasteiger partial charge in [-0.15, -0.1) is 0 Å². The Morgan fingerprint density at radius 1 is 0.938 bits per heavy atom. The van der Waals surface area contributed by atoms with Crippen molar-refractivity contribution in [2.45, 2.75) is 39.0 Å². The highest BCUT2D eigenvalue weighted by atomic mass is 79.9. The molecule has 168 valence electrons. The number of amides is 1. The molecule has 0 heterocycles. The first-order chi connectivity index (χ1) is 15.3. The number of halogens is 1. The lowest BCUT2D eigenvalue weighted by Crippen LogP contribution is -2.22. The molecule has 0 spiro atoms. The predicted molar refractivity (Wildman–Crippen MR) is 134 cm³/mol. The second-order valence-corrected chi connectivity index (χ2v) is 9.60. The summed E-state index contributed by atoms with van der Waals surface area (Å²) in [7, 11) is 0. The molecule has 0 aliphatic rings. The van der Waals surface area contributed by atoms with Crippen LogP contribution in [0.3, 0.4) is 0 Å². The van der Waals surface area contributed by atoms with Gasteiger partial charge >= 0.3 is 0 Å². The molecular weight excluding hydrogens is 466 g/mol. The van der Waals surface area contributed by atoms with E-state index in [1.165, 1.54) is 5.56 Å². The van der Waals surface area contributed by atoms with E-state index in [4.69, 9.17) is 9.47 Å². The van der Waals surface area contributed by atoms with Gasteiger partial charge in [0.2, 0.25) is 0 Å². The van der Waals surface area contributed by atoms with E-state index in [9.17, 15) is 4.79 Å². The van der Waals surface area contributed by atoms with Crippen molar-refractivity contribution in [1.29, 1.82) is 0 Å². The van der Waals surface area contributed by atoms with E-state index in [0.29, 0.717) is 12.3 Å². The van der Waals surface area contributed by atoms with Gasteiger partial charge in [0.1, 0.15) is 11.5 Å². The van der Waals surface area contributed by atoms with Gasteiger partial charge in [0.05, 0.1) is 6.61 Å². The molecule has 0 fully saturated rings. The Kier molecular flexibility index (Phi) is 8.34. The molecule has 5 heteroatoms. The Morgan fingerprint density at radius 2 is 1.66 bits per heavy atom. The zero-order valence-corrected chi connectivity index (χ0v) is 20.4. The smallest absolute Gasteiger partial charge is 0.262 e. The molecule has 0 bridgehead atoms. The van der Waals surface area contributed by atoms with Crippen molar-refractivity contribution in [3.63, 3.8) is 0 Å². The summed E-state index contributed by atoms with van der Waals surface area (Å²) in [5.41, 5.74) is 2.98. The van der Waals surface area contributed by atoms with Gasteiger partial charge in [-0.05, 0) is 66.3 Å². The number of hydrogen-bond donors (Lipinski definition) is 1. The van der Waals surface area contributed by atoms with Crippen LogP contribution in [-0.4, -0.2) is 19.1 Å². The van der Waals surface area contributed by atoms with Gasteiger partial charge in [0.15, 0.2) is 6.61 Å². The van der Waals surface area contributed by atoms with Crippen molar-refractivity contribution in [3.8, 4) is 11.5 Å². The number of benzene rings is 3. The highest BCUT2D eigenvalue weighted by molar-refractivity contribution is 9.10. The van der Waals surface area contributed by atoms with Crippen LogP contribution >= 0.6 is 15.9 Å². The molecule has 0 saturated carbocycles. The first-order valence-corrected chi connectivity index (χ1v) is 11.6. The van der Waals surface area contributed by atoms with Crippen LogP contribution in [0, 0.1) is 0 Å². The molecule has 0 saturated heterocycles. The van der Waals surface area contributed by atoms with E-state index in [0.717, 1.165) is 34.4 Å². The molecular formula is C27H30BrNO3. The number of ether oxygens (including phenoxy) is 2. The van der Waals surface area contributed by atoms with E-state index in [2.05, 4.69) is 66.3 Å². The monoisotopic (exact) mass is 495 g/mol. The molecule has 0 aromatic heterocycles. The molecule has 1 N–H and O–H groups in total. The lowest BCUT2D eigenvalue weighted by atomic mass is 9.86. The molecule has 0 aliphatic carbocycles. The summed E-state index contributed by atoms with van der Waals surface area (Å²) < 4.78 is 12.6. The van der Waals surface area contributed by atoms with Gasteiger partial charge in [-0.3, -0.25) is 4.79 Å². The van der Waals surface area contributed by atoms with E-state index in [-0.39, 0.29) is 17.9 Å². The molecule has 3 rings (SSSR count). The highest BCUT2D eigenvalue weighted by Gasteiger charge is 2.20. The lowest BCUT2D eigenvalue weighted by Gasteiger charge is -2.23. The molecule has 32 heavy (non-hydrogen) atoms. The fraction of sp³-hybridized carbons (Fsp3) is 0.296. The van der Waals surface area contributed by atoms with Gasteiger partial charge in [0.25, 0.3) is 5.91 Å². The molecule has 0 unspecified atom stereocenters. The third kappa shape index (κ3) is 7.41. The van der Waals surface area contributed by atoms with Crippen LogP contribution in [-0.2, 0) is 16.6 Å². The second kappa shape index (κ2) is 11.2. The summed E-state index contributed by atoms with van der Waals surface area (Å²) >= 11 is 3.50. The topological polar surface area (TPSA) is 47.6 Å². The number of aryl methyl sites for hydroxylation is 1. The van der Waals surface area contributed by atoms with E-state index in [1.54, 1.807) is 0 Å². The Labute approximate surface area is 199 Å². The zero-order valence-electron chi connectivity index (χ0n) is 18.9.